The van der Waals surface area contributed by atoms with E-state index in [-0.39, 0.29) is 12.0 Å². The SMILES string of the molecule is O=C(Cc1ccccc1)c1ccc(F)cc1[N+](=O)[O-]. The predicted molar refractivity (Wildman–Crippen MR) is 67.5 cm³/mol. The zero-order chi connectivity index (χ0) is 13.8. The van der Waals surface area contributed by atoms with Crippen LogP contribution in [0.2, 0.25) is 0 Å². The molecule has 2 rings (SSSR count). The van der Waals surface area contributed by atoms with Crippen LogP contribution in [0.1, 0.15) is 15.9 Å². The lowest BCUT2D eigenvalue weighted by atomic mass is 10.0. The van der Waals surface area contributed by atoms with Gasteiger partial charge in [-0.15, -0.1) is 0 Å². The molecule has 0 saturated carbocycles. The monoisotopic (exact) mass is 259 g/mol. The molecular formula is C14H10FNO3. The summed E-state index contributed by atoms with van der Waals surface area (Å²) >= 11 is 0. The van der Waals surface area contributed by atoms with Crippen molar-refractivity contribution in [3.63, 3.8) is 0 Å². The van der Waals surface area contributed by atoms with Gasteiger partial charge in [0, 0.05) is 6.42 Å². The summed E-state index contributed by atoms with van der Waals surface area (Å²) in [6.07, 6.45) is 0.0489. The molecule has 0 aliphatic heterocycles. The molecule has 0 radical (unpaired) electrons. The number of nitrogens with zero attached hydrogens (tertiary/aromatic N) is 1. The van der Waals surface area contributed by atoms with Crippen molar-refractivity contribution in [1.29, 1.82) is 0 Å². The molecule has 96 valence electrons. The Morgan fingerprint density at radius 1 is 1.16 bits per heavy atom. The normalized spacial score (nSPS) is 10.2. The minimum absolute atomic E-state index is 0.0489. The van der Waals surface area contributed by atoms with Crippen molar-refractivity contribution >= 4 is 11.5 Å². The van der Waals surface area contributed by atoms with Gasteiger partial charge in [-0.05, 0) is 17.7 Å². The average Bonchev–Trinajstić information content (AvgIpc) is 2.39. The fourth-order valence-electron chi connectivity index (χ4n) is 1.77. The van der Waals surface area contributed by atoms with Crippen LogP contribution in [0.25, 0.3) is 0 Å². The largest absolute Gasteiger partial charge is 0.294 e. The molecule has 0 amide bonds. The van der Waals surface area contributed by atoms with Gasteiger partial charge in [-0.2, -0.15) is 0 Å². The first-order valence-corrected chi connectivity index (χ1v) is 5.59. The Morgan fingerprint density at radius 2 is 1.84 bits per heavy atom. The second-order valence-corrected chi connectivity index (χ2v) is 4.00. The number of nitro groups is 1. The molecule has 5 heteroatoms. The van der Waals surface area contributed by atoms with Gasteiger partial charge in [-0.1, -0.05) is 30.3 Å². The van der Waals surface area contributed by atoms with E-state index < -0.39 is 22.2 Å². The molecule has 0 saturated heterocycles. The van der Waals surface area contributed by atoms with Crippen LogP contribution in [0.15, 0.2) is 48.5 Å². The number of ketones is 1. The third-order valence-corrected chi connectivity index (χ3v) is 2.66. The highest BCUT2D eigenvalue weighted by molar-refractivity contribution is 6.01. The lowest BCUT2D eigenvalue weighted by Gasteiger charge is -2.03. The van der Waals surface area contributed by atoms with Crippen LogP contribution in [0.4, 0.5) is 10.1 Å². The standard InChI is InChI=1S/C14H10FNO3/c15-11-6-7-12(13(9-11)16(18)19)14(17)8-10-4-2-1-3-5-10/h1-7,9H,8H2. The highest BCUT2D eigenvalue weighted by atomic mass is 19.1. The summed E-state index contributed by atoms with van der Waals surface area (Å²) in [5.74, 6) is -1.14. The molecule has 19 heavy (non-hydrogen) atoms. The van der Waals surface area contributed by atoms with E-state index in [0.717, 1.165) is 23.8 Å². The number of carbonyl (C=O) groups excluding carboxylic acids is 1. The quantitative estimate of drug-likeness (QED) is 0.481. The summed E-state index contributed by atoms with van der Waals surface area (Å²) in [5.41, 5.74) is 0.183. The zero-order valence-electron chi connectivity index (χ0n) is 9.88. The first-order chi connectivity index (χ1) is 9.08. The Labute approximate surface area is 108 Å². The van der Waals surface area contributed by atoms with Crippen LogP contribution in [0.5, 0.6) is 0 Å². The summed E-state index contributed by atoms with van der Waals surface area (Å²) in [7, 11) is 0. The summed E-state index contributed by atoms with van der Waals surface area (Å²) in [6.45, 7) is 0. The molecule has 0 bridgehead atoms. The highest BCUT2D eigenvalue weighted by Gasteiger charge is 2.20. The molecule has 2 aromatic rings. The van der Waals surface area contributed by atoms with Crippen molar-refractivity contribution in [3.8, 4) is 0 Å². The summed E-state index contributed by atoms with van der Waals surface area (Å²) in [6, 6.07) is 11.8. The van der Waals surface area contributed by atoms with Crippen LogP contribution in [-0.2, 0) is 6.42 Å². The minimum atomic E-state index is -0.749. The van der Waals surface area contributed by atoms with Crippen molar-refractivity contribution in [1.82, 2.24) is 0 Å². The van der Waals surface area contributed by atoms with E-state index in [0.29, 0.717) is 0 Å². The lowest BCUT2D eigenvalue weighted by Crippen LogP contribution is -2.07. The number of halogens is 1. The van der Waals surface area contributed by atoms with Crippen LogP contribution < -0.4 is 0 Å². The van der Waals surface area contributed by atoms with Crippen LogP contribution in [0.3, 0.4) is 0 Å². The van der Waals surface area contributed by atoms with E-state index in [2.05, 4.69) is 0 Å². The molecule has 4 nitrogen and oxygen atoms in total. The maximum atomic E-state index is 13.0. The fourth-order valence-corrected chi connectivity index (χ4v) is 1.77. The summed E-state index contributed by atoms with van der Waals surface area (Å²) < 4.78 is 13.0. The van der Waals surface area contributed by atoms with Gasteiger partial charge < -0.3 is 0 Å². The Morgan fingerprint density at radius 3 is 2.47 bits per heavy atom. The summed E-state index contributed by atoms with van der Waals surface area (Å²) in [5, 5.41) is 10.8. The van der Waals surface area contributed by atoms with Gasteiger partial charge in [0.05, 0.1) is 16.6 Å². The van der Waals surface area contributed by atoms with Gasteiger partial charge in [0.1, 0.15) is 5.82 Å². The maximum absolute atomic E-state index is 13.0. The number of benzene rings is 2. The van der Waals surface area contributed by atoms with Crippen LogP contribution in [-0.4, -0.2) is 10.7 Å². The zero-order valence-corrected chi connectivity index (χ0v) is 9.88. The molecule has 0 aliphatic rings. The van der Waals surface area contributed by atoms with E-state index in [1.807, 2.05) is 6.07 Å². The van der Waals surface area contributed by atoms with E-state index in [4.69, 9.17) is 0 Å². The second kappa shape index (κ2) is 5.39. The summed E-state index contributed by atoms with van der Waals surface area (Å²) in [4.78, 5) is 22.1. The molecule has 0 unspecified atom stereocenters. The van der Waals surface area contributed by atoms with Crippen molar-refractivity contribution < 1.29 is 14.1 Å². The van der Waals surface area contributed by atoms with Gasteiger partial charge >= 0.3 is 0 Å². The highest BCUT2D eigenvalue weighted by Crippen LogP contribution is 2.21. The first-order valence-electron chi connectivity index (χ1n) is 5.59. The fraction of sp³-hybridized carbons (Fsp3) is 0.0714. The number of carbonyl (C=O) groups is 1. The molecule has 0 aliphatic carbocycles. The third-order valence-electron chi connectivity index (χ3n) is 2.66. The van der Waals surface area contributed by atoms with E-state index >= 15 is 0 Å². The molecule has 0 atom stereocenters. The van der Waals surface area contributed by atoms with Crippen molar-refractivity contribution in [3.05, 3.63) is 75.6 Å². The number of hydrogen-bond acceptors (Lipinski definition) is 3. The molecular weight excluding hydrogens is 249 g/mol. The Bertz CT molecular complexity index is 626. The van der Waals surface area contributed by atoms with Gasteiger partial charge in [-0.25, -0.2) is 4.39 Å². The number of hydrogen-bond donors (Lipinski definition) is 0. The molecule has 2 aromatic carbocycles. The molecule has 0 fully saturated rings. The third kappa shape index (κ3) is 3.01. The lowest BCUT2D eigenvalue weighted by molar-refractivity contribution is -0.385. The van der Waals surface area contributed by atoms with E-state index in [9.17, 15) is 19.3 Å². The molecule has 0 aromatic heterocycles. The first kappa shape index (κ1) is 12.9. The van der Waals surface area contributed by atoms with E-state index in [1.165, 1.54) is 0 Å². The molecule has 0 heterocycles. The van der Waals surface area contributed by atoms with Gasteiger partial charge in [0.25, 0.3) is 5.69 Å². The van der Waals surface area contributed by atoms with Gasteiger partial charge in [0.15, 0.2) is 5.78 Å². The topological polar surface area (TPSA) is 60.2 Å². The van der Waals surface area contributed by atoms with Gasteiger partial charge in [0.2, 0.25) is 0 Å². The average molecular weight is 259 g/mol. The Hall–Kier alpha value is -2.56. The number of rotatable bonds is 4. The van der Waals surface area contributed by atoms with E-state index in [1.54, 1.807) is 24.3 Å². The maximum Gasteiger partial charge on any atom is 0.283 e. The minimum Gasteiger partial charge on any atom is -0.294 e. The smallest absolute Gasteiger partial charge is 0.283 e. The molecule has 0 spiro atoms. The van der Waals surface area contributed by atoms with Gasteiger partial charge in [-0.3, -0.25) is 14.9 Å². The Kier molecular flexibility index (Phi) is 3.66. The van der Waals surface area contributed by atoms with Crippen LogP contribution >= 0.6 is 0 Å². The molecule has 0 N–H and O–H groups in total. The number of nitro benzene ring substituents is 1. The van der Waals surface area contributed by atoms with Crippen molar-refractivity contribution in [2.24, 2.45) is 0 Å². The number of Topliss-reactive ketones (excluding diaryl/α,β-unsaturated/α-hetero) is 1. The second-order valence-electron chi connectivity index (χ2n) is 4.00. The predicted octanol–water partition coefficient (Wildman–Crippen LogP) is 3.16. The van der Waals surface area contributed by atoms with Crippen molar-refractivity contribution in [2.45, 2.75) is 6.42 Å². The van der Waals surface area contributed by atoms with Crippen molar-refractivity contribution in [2.75, 3.05) is 0 Å². The van der Waals surface area contributed by atoms with Crippen LogP contribution in [0, 0.1) is 15.9 Å². The Balaban J connectivity index is 2.31.